The Morgan fingerprint density at radius 3 is 2.29 bits per heavy atom. The van der Waals surface area contributed by atoms with E-state index in [-0.39, 0.29) is 21.9 Å². The van der Waals surface area contributed by atoms with Crippen molar-refractivity contribution in [3.63, 3.8) is 0 Å². The fourth-order valence-corrected chi connectivity index (χ4v) is 3.96. The highest BCUT2D eigenvalue weighted by atomic mass is 32.2. The lowest BCUT2D eigenvalue weighted by molar-refractivity contribution is -0.385. The van der Waals surface area contributed by atoms with Crippen LogP contribution in [0.4, 0.5) is 11.4 Å². The van der Waals surface area contributed by atoms with Crippen molar-refractivity contribution in [2.75, 3.05) is 11.3 Å². The van der Waals surface area contributed by atoms with Gasteiger partial charge >= 0.3 is 5.69 Å². The molecule has 0 heterocycles. The molecule has 182 valence electrons. The Morgan fingerprint density at radius 1 is 0.943 bits per heavy atom. The van der Waals surface area contributed by atoms with Crippen LogP contribution < -0.4 is 20.3 Å². The topological polar surface area (TPSA) is 157 Å². The van der Waals surface area contributed by atoms with Gasteiger partial charge < -0.3 is 4.74 Å². The molecule has 0 aromatic heterocycles. The Balaban J connectivity index is 1.55. The zero-order chi connectivity index (χ0) is 25.6. The number of nitro benzene ring substituents is 1. The third kappa shape index (κ3) is 6.54. The molecule has 0 aliphatic heterocycles. The van der Waals surface area contributed by atoms with Gasteiger partial charge in [0.2, 0.25) is 0 Å². The molecular weight excluding hydrogens is 476 g/mol. The van der Waals surface area contributed by atoms with E-state index in [1.807, 2.05) is 13.8 Å². The number of amides is 2. The summed E-state index contributed by atoms with van der Waals surface area (Å²) < 4.78 is 32.9. The Hall–Kier alpha value is -4.45. The number of para-hydroxylation sites is 2. The molecule has 11 nitrogen and oxygen atoms in total. The fraction of sp³-hybridized carbons (Fsp3) is 0.130. The lowest BCUT2D eigenvalue weighted by Crippen LogP contribution is -2.43. The molecule has 0 bridgehead atoms. The summed E-state index contributed by atoms with van der Waals surface area (Å²) in [6, 6.07) is 15.8. The highest BCUT2D eigenvalue weighted by molar-refractivity contribution is 7.92. The van der Waals surface area contributed by atoms with E-state index >= 15 is 0 Å². The summed E-state index contributed by atoms with van der Waals surface area (Å²) in [5.41, 5.74) is 6.47. The molecule has 0 spiro atoms. The van der Waals surface area contributed by atoms with Gasteiger partial charge in [-0.2, -0.15) is 0 Å². The second-order valence-corrected chi connectivity index (χ2v) is 9.13. The standard InChI is InChI=1S/C23H22N4O7S/c1-15-7-10-18(13-16(15)2)26-35(32,33)19-11-8-17(9-12-19)23(29)25-24-22(28)14-34-21-6-4-3-5-20(21)27(30)31/h3-13,26H,14H2,1-2H3,(H,24,28)(H,25,29). The third-order valence-corrected chi connectivity index (χ3v) is 6.32. The minimum absolute atomic E-state index is 0.0471. The van der Waals surface area contributed by atoms with E-state index in [1.165, 1.54) is 48.5 Å². The number of anilines is 1. The van der Waals surface area contributed by atoms with Gasteiger partial charge in [-0.15, -0.1) is 0 Å². The van der Waals surface area contributed by atoms with Crippen LogP contribution in [0.25, 0.3) is 0 Å². The molecule has 3 N–H and O–H groups in total. The second kappa shape index (κ2) is 10.7. The average molecular weight is 499 g/mol. The number of hydrogen-bond acceptors (Lipinski definition) is 7. The van der Waals surface area contributed by atoms with Crippen molar-refractivity contribution in [1.29, 1.82) is 0 Å². The number of nitrogens with one attached hydrogen (secondary N) is 3. The molecule has 0 saturated heterocycles. The molecule has 3 rings (SSSR count). The van der Waals surface area contributed by atoms with E-state index in [0.29, 0.717) is 5.69 Å². The van der Waals surface area contributed by atoms with Crippen molar-refractivity contribution in [3.05, 3.63) is 93.5 Å². The van der Waals surface area contributed by atoms with E-state index in [4.69, 9.17) is 4.74 Å². The predicted molar refractivity (Wildman–Crippen MR) is 127 cm³/mol. The first-order chi connectivity index (χ1) is 16.6. The number of aryl methyl sites for hydroxylation is 2. The van der Waals surface area contributed by atoms with Crippen LogP contribution in [0.15, 0.2) is 71.6 Å². The molecular formula is C23H22N4O7S. The maximum absolute atomic E-state index is 12.6. The Labute approximate surface area is 201 Å². The Morgan fingerprint density at radius 2 is 1.63 bits per heavy atom. The van der Waals surface area contributed by atoms with Crippen molar-refractivity contribution in [3.8, 4) is 5.75 Å². The quantitative estimate of drug-likeness (QED) is 0.318. The summed E-state index contributed by atoms with van der Waals surface area (Å²) in [4.78, 5) is 34.5. The molecule has 0 radical (unpaired) electrons. The second-order valence-electron chi connectivity index (χ2n) is 7.44. The van der Waals surface area contributed by atoms with Gasteiger partial charge in [0, 0.05) is 17.3 Å². The third-order valence-electron chi connectivity index (χ3n) is 4.92. The van der Waals surface area contributed by atoms with Crippen LogP contribution in [-0.2, 0) is 14.8 Å². The van der Waals surface area contributed by atoms with E-state index < -0.39 is 33.4 Å². The predicted octanol–water partition coefficient (Wildman–Crippen LogP) is 2.85. The van der Waals surface area contributed by atoms with Crippen molar-refractivity contribution >= 4 is 33.2 Å². The lowest BCUT2D eigenvalue weighted by Gasteiger charge is -2.11. The van der Waals surface area contributed by atoms with Gasteiger partial charge in [-0.3, -0.25) is 35.3 Å². The smallest absolute Gasteiger partial charge is 0.310 e. The number of hydrazine groups is 1. The summed E-state index contributed by atoms with van der Waals surface area (Å²) in [6.45, 7) is 3.21. The first-order valence-electron chi connectivity index (χ1n) is 10.2. The number of carbonyl (C=O) groups excluding carboxylic acids is 2. The van der Waals surface area contributed by atoms with Crippen LogP contribution in [0.3, 0.4) is 0 Å². The summed E-state index contributed by atoms with van der Waals surface area (Å²) in [5.74, 6) is -1.55. The average Bonchev–Trinajstić information content (AvgIpc) is 2.83. The van der Waals surface area contributed by atoms with Crippen LogP contribution in [0.2, 0.25) is 0 Å². The summed E-state index contributed by atoms with van der Waals surface area (Å²) >= 11 is 0. The van der Waals surface area contributed by atoms with Crippen molar-refractivity contribution in [1.82, 2.24) is 10.9 Å². The number of nitrogens with zero attached hydrogens (tertiary/aromatic N) is 1. The zero-order valence-corrected chi connectivity index (χ0v) is 19.6. The number of nitro groups is 1. The van der Waals surface area contributed by atoms with Crippen LogP contribution >= 0.6 is 0 Å². The minimum atomic E-state index is -3.87. The normalized spacial score (nSPS) is 10.8. The molecule has 3 aromatic carbocycles. The minimum Gasteiger partial charge on any atom is -0.477 e. The summed E-state index contributed by atoms with van der Waals surface area (Å²) in [7, 11) is -3.87. The molecule has 0 saturated carbocycles. The Bertz CT molecular complexity index is 1370. The van der Waals surface area contributed by atoms with Gasteiger partial charge in [-0.1, -0.05) is 18.2 Å². The van der Waals surface area contributed by atoms with E-state index in [1.54, 1.807) is 18.2 Å². The first-order valence-corrected chi connectivity index (χ1v) is 11.7. The van der Waals surface area contributed by atoms with E-state index in [0.717, 1.165) is 11.1 Å². The van der Waals surface area contributed by atoms with Crippen molar-refractivity contribution in [2.45, 2.75) is 18.7 Å². The summed E-state index contributed by atoms with van der Waals surface area (Å²) in [6.07, 6.45) is 0. The molecule has 12 heteroatoms. The first kappa shape index (κ1) is 25.2. The van der Waals surface area contributed by atoms with Gasteiger partial charge in [0.1, 0.15) is 0 Å². The lowest BCUT2D eigenvalue weighted by atomic mass is 10.1. The van der Waals surface area contributed by atoms with Crippen LogP contribution in [0.1, 0.15) is 21.5 Å². The molecule has 0 aliphatic rings. The number of carbonyl (C=O) groups is 2. The molecule has 0 atom stereocenters. The number of rotatable bonds is 8. The monoisotopic (exact) mass is 498 g/mol. The van der Waals surface area contributed by atoms with Gasteiger partial charge in [0.15, 0.2) is 12.4 Å². The highest BCUT2D eigenvalue weighted by Crippen LogP contribution is 2.25. The van der Waals surface area contributed by atoms with Crippen LogP contribution in [0.5, 0.6) is 5.75 Å². The number of benzene rings is 3. The molecule has 0 unspecified atom stereocenters. The van der Waals surface area contributed by atoms with E-state index in [9.17, 15) is 28.1 Å². The van der Waals surface area contributed by atoms with Gasteiger partial charge in [0.25, 0.3) is 21.8 Å². The number of sulfonamides is 1. The highest BCUT2D eigenvalue weighted by Gasteiger charge is 2.17. The largest absolute Gasteiger partial charge is 0.477 e. The van der Waals surface area contributed by atoms with Crippen molar-refractivity contribution in [2.24, 2.45) is 0 Å². The number of hydrogen-bond donors (Lipinski definition) is 3. The van der Waals surface area contributed by atoms with Gasteiger partial charge in [-0.25, -0.2) is 8.42 Å². The molecule has 0 fully saturated rings. The molecule has 0 aliphatic carbocycles. The zero-order valence-electron chi connectivity index (χ0n) is 18.8. The van der Waals surface area contributed by atoms with Gasteiger partial charge in [0.05, 0.1) is 9.82 Å². The molecule has 35 heavy (non-hydrogen) atoms. The number of ether oxygens (including phenoxy) is 1. The maximum atomic E-state index is 12.6. The molecule has 3 aromatic rings. The van der Waals surface area contributed by atoms with Crippen LogP contribution in [0, 0.1) is 24.0 Å². The maximum Gasteiger partial charge on any atom is 0.310 e. The van der Waals surface area contributed by atoms with E-state index in [2.05, 4.69) is 15.6 Å². The van der Waals surface area contributed by atoms with Gasteiger partial charge in [-0.05, 0) is 67.4 Å². The van der Waals surface area contributed by atoms with Crippen LogP contribution in [-0.4, -0.2) is 31.8 Å². The van der Waals surface area contributed by atoms with Crippen molar-refractivity contribution < 1.29 is 27.7 Å². The fourth-order valence-electron chi connectivity index (χ4n) is 2.91. The Kier molecular flexibility index (Phi) is 7.66. The summed E-state index contributed by atoms with van der Waals surface area (Å²) in [5, 5.41) is 11.0. The SMILES string of the molecule is Cc1ccc(NS(=O)(=O)c2ccc(C(=O)NNC(=O)COc3ccccc3[N+](=O)[O-])cc2)cc1C. The molecule has 2 amide bonds.